The molecule has 0 unspecified atom stereocenters. The number of thiophene rings is 1. The molecule has 8 heteroatoms. The van der Waals surface area contributed by atoms with Gasteiger partial charge in [0.05, 0.1) is 5.75 Å². The molecule has 1 rings (SSSR count). The van der Waals surface area contributed by atoms with Gasteiger partial charge in [-0.1, -0.05) is 0 Å². The second kappa shape index (κ2) is 6.26. The Morgan fingerprint density at radius 1 is 1.41 bits per heavy atom. The monoisotopic (exact) mass is 274 g/mol. The third-order valence-corrected chi connectivity index (χ3v) is 3.58. The number of carbonyl (C=O) groups is 3. The van der Waals surface area contributed by atoms with Crippen LogP contribution in [-0.4, -0.2) is 28.6 Å². The van der Waals surface area contributed by atoms with Crippen LogP contribution >= 0.6 is 23.1 Å². The van der Waals surface area contributed by atoms with Crippen LogP contribution in [0.25, 0.3) is 0 Å². The summed E-state index contributed by atoms with van der Waals surface area (Å²) in [5.41, 5.74) is 4.37. The first-order chi connectivity index (χ1) is 7.99. The van der Waals surface area contributed by atoms with Crippen molar-refractivity contribution in [2.45, 2.75) is 11.8 Å². The summed E-state index contributed by atoms with van der Waals surface area (Å²) in [5, 5.41) is 10.4. The fourth-order valence-corrected chi connectivity index (χ4v) is 2.52. The third-order valence-electron chi connectivity index (χ3n) is 1.53. The number of hydrogen-bond donors (Lipinski definition) is 3. The molecule has 0 atom stereocenters. The maximum absolute atomic E-state index is 11.2. The molecule has 1 aromatic rings. The fraction of sp³-hybridized carbons (Fsp3) is 0.222. The normalized spacial score (nSPS) is 9.71. The Bertz CT molecular complexity index is 444. The second-order valence-corrected chi connectivity index (χ2v) is 4.93. The van der Waals surface area contributed by atoms with E-state index in [1.165, 1.54) is 24.8 Å². The Balaban J connectivity index is 2.36. The smallest absolute Gasteiger partial charge is 0.345 e. The number of aromatic carboxylic acids is 1. The van der Waals surface area contributed by atoms with Gasteiger partial charge in [-0.2, -0.15) is 0 Å². The molecule has 0 fully saturated rings. The van der Waals surface area contributed by atoms with Gasteiger partial charge in [-0.15, -0.1) is 23.1 Å². The van der Waals surface area contributed by atoms with Gasteiger partial charge < -0.3 is 5.11 Å². The number of carboxylic acid groups (broad SMARTS) is 1. The fourth-order valence-electron chi connectivity index (χ4n) is 0.849. The van der Waals surface area contributed by atoms with Crippen LogP contribution in [0.3, 0.4) is 0 Å². The van der Waals surface area contributed by atoms with Gasteiger partial charge in [-0.05, 0) is 6.07 Å². The number of amides is 2. The molecule has 17 heavy (non-hydrogen) atoms. The average molecular weight is 274 g/mol. The minimum Gasteiger partial charge on any atom is -0.477 e. The van der Waals surface area contributed by atoms with E-state index in [1.54, 1.807) is 5.38 Å². The zero-order valence-corrected chi connectivity index (χ0v) is 10.5. The van der Waals surface area contributed by atoms with Crippen molar-refractivity contribution in [3.05, 3.63) is 16.3 Å². The van der Waals surface area contributed by atoms with Crippen molar-refractivity contribution in [1.82, 2.24) is 10.9 Å². The number of hydrogen-bond acceptors (Lipinski definition) is 5. The zero-order valence-electron chi connectivity index (χ0n) is 8.85. The maximum atomic E-state index is 11.2. The lowest BCUT2D eigenvalue weighted by molar-refractivity contribution is -0.126. The largest absolute Gasteiger partial charge is 0.477 e. The SMILES string of the molecule is CC(=O)NNC(=O)CSc1csc(C(=O)O)c1. The topological polar surface area (TPSA) is 95.5 Å². The van der Waals surface area contributed by atoms with Crippen LogP contribution in [0.1, 0.15) is 16.6 Å². The molecular weight excluding hydrogens is 264 g/mol. The minimum atomic E-state index is -0.982. The van der Waals surface area contributed by atoms with Gasteiger partial charge in [0.25, 0.3) is 0 Å². The average Bonchev–Trinajstić information content (AvgIpc) is 2.72. The van der Waals surface area contributed by atoms with E-state index in [9.17, 15) is 14.4 Å². The number of carboxylic acids is 1. The van der Waals surface area contributed by atoms with Crippen LogP contribution in [0.5, 0.6) is 0 Å². The van der Waals surface area contributed by atoms with E-state index in [0.29, 0.717) is 4.90 Å². The maximum Gasteiger partial charge on any atom is 0.345 e. The molecule has 0 aliphatic heterocycles. The van der Waals surface area contributed by atoms with E-state index < -0.39 is 5.97 Å². The van der Waals surface area contributed by atoms with Gasteiger partial charge in [0.15, 0.2) is 0 Å². The molecule has 0 spiro atoms. The first-order valence-electron chi connectivity index (χ1n) is 4.49. The molecule has 1 heterocycles. The van der Waals surface area contributed by atoms with Crippen LogP contribution in [0.15, 0.2) is 16.3 Å². The Kier molecular flexibility index (Phi) is 4.98. The van der Waals surface area contributed by atoms with Crippen molar-refractivity contribution >= 4 is 40.9 Å². The van der Waals surface area contributed by atoms with Crippen molar-refractivity contribution < 1.29 is 19.5 Å². The van der Waals surface area contributed by atoms with E-state index in [0.717, 1.165) is 11.3 Å². The third kappa shape index (κ3) is 4.87. The van der Waals surface area contributed by atoms with Gasteiger partial charge in [0.2, 0.25) is 11.8 Å². The highest BCUT2D eigenvalue weighted by Gasteiger charge is 2.08. The Morgan fingerprint density at radius 2 is 2.12 bits per heavy atom. The van der Waals surface area contributed by atoms with Gasteiger partial charge in [0.1, 0.15) is 4.88 Å². The Hall–Kier alpha value is -1.54. The highest BCUT2D eigenvalue weighted by atomic mass is 32.2. The lowest BCUT2D eigenvalue weighted by Crippen LogP contribution is -2.41. The molecule has 0 saturated carbocycles. The van der Waals surface area contributed by atoms with Crippen molar-refractivity contribution in [1.29, 1.82) is 0 Å². The van der Waals surface area contributed by atoms with E-state index in [-0.39, 0.29) is 22.4 Å². The highest BCUT2D eigenvalue weighted by Crippen LogP contribution is 2.24. The molecule has 92 valence electrons. The quantitative estimate of drug-likeness (QED) is 0.555. The molecule has 0 aromatic carbocycles. The summed E-state index contributed by atoms with van der Waals surface area (Å²) in [6, 6.07) is 1.50. The number of thioether (sulfide) groups is 1. The van der Waals surface area contributed by atoms with Crippen molar-refractivity contribution in [2.75, 3.05) is 5.75 Å². The first-order valence-corrected chi connectivity index (χ1v) is 6.35. The predicted molar refractivity (Wildman–Crippen MR) is 64.0 cm³/mol. The molecule has 2 amide bonds. The van der Waals surface area contributed by atoms with E-state index >= 15 is 0 Å². The van der Waals surface area contributed by atoms with Gasteiger partial charge in [-0.3, -0.25) is 20.4 Å². The molecule has 0 saturated heterocycles. The number of rotatable bonds is 4. The summed E-state index contributed by atoms with van der Waals surface area (Å²) in [7, 11) is 0. The van der Waals surface area contributed by atoms with Crippen LogP contribution in [0, 0.1) is 0 Å². The lowest BCUT2D eigenvalue weighted by atomic mass is 10.5. The minimum absolute atomic E-state index is 0.107. The zero-order chi connectivity index (χ0) is 12.8. The van der Waals surface area contributed by atoms with Crippen molar-refractivity contribution in [2.24, 2.45) is 0 Å². The standard InChI is InChI=1S/C9H10N2O4S2/c1-5(12)10-11-8(13)4-16-6-2-7(9(14)15)17-3-6/h2-3H,4H2,1H3,(H,10,12)(H,11,13)(H,14,15). The molecule has 1 aromatic heterocycles. The molecular formula is C9H10N2O4S2. The summed E-state index contributed by atoms with van der Waals surface area (Å²) in [6.07, 6.45) is 0. The molecule has 3 N–H and O–H groups in total. The van der Waals surface area contributed by atoms with E-state index in [1.807, 2.05) is 0 Å². The number of nitrogens with one attached hydrogen (secondary N) is 2. The summed E-state index contributed by atoms with van der Waals surface area (Å²) in [5.74, 6) is -1.58. The molecule has 6 nitrogen and oxygen atoms in total. The van der Waals surface area contributed by atoms with Crippen molar-refractivity contribution in [3.63, 3.8) is 0 Å². The van der Waals surface area contributed by atoms with Gasteiger partial charge >= 0.3 is 5.97 Å². The predicted octanol–water partition coefficient (Wildman–Crippen LogP) is 0.706. The molecule has 0 aliphatic carbocycles. The van der Waals surface area contributed by atoms with Crippen LogP contribution in [-0.2, 0) is 9.59 Å². The first kappa shape index (κ1) is 13.5. The second-order valence-electron chi connectivity index (χ2n) is 2.97. The van der Waals surface area contributed by atoms with Crippen LogP contribution in [0.4, 0.5) is 0 Å². The van der Waals surface area contributed by atoms with Gasteiger partial charge in [-0.25, -0.2) is 4.79 Å². The van der Waals surface area contributed by atoms with Gasteiger partial charge in [0, 0.05) is 17.2 Å². The molecule has 0 bridgehead atoms. The lowest BCUT2D eigenvalue weighted by Gasteiger charge is -2.03. The van der Waals surface area contributed by atoms with E-state index in [4.69, 9.17) is 5.11 Å². The van der Waals surface area contributed by atoms with Crippen LogP contribution < -0.4 is 10.9 Å². The summed E-state index contributed by atoms with van der Waals surface area (Å²) in [4.78, 5) is 33.3. The summed E-state index contributed by atoms with van der Waals surface area (Å²) < 4.78 is 0. The van der Waals surface area contributed by atoms with Crippen molar-refractivity contribution in [3.8, 4) is 0 Å². The Morgan fingerprint density at radius 3 is 2.65 bits per heavy atom. The summed E-state index contributed by atoms with van der Waals surface area (Å²) in [6.45, 7) is 1.28. The summed E-state index contributed by atoms with van der Waals surface area (Å²) >= 11 is 2.31. The van der Waals surface area contributed by atoms with E-state index in [2.05, 4.69) is 10.9 Å². The Labute approximate surface area is 105 Å². The number of hydrazine groups is 1. The number of carbonyl (C=O) groups excluding carboxylic acids is 2. The molecule has 0 aliphatic rings. The van der Waals surface area contributed by atoms with Crippen LogP contribution in [0.2, 0.25) is 0 Å². The molecule has 0 radical (unpaired) electrons. The highest BCUT2D eigenvalue weighted by molar-refractivity contribution is 8.00.